The van der Waals surface area contributed by atoms with Gasteiger partial charge in [0, 0.05) is 6.54 Å². The van der Waals surface area contributed by atoms with Gasteiger partial charge in [0.2, 0.25) is 0 Å². The summed E-state index contributed by atoms with van der Waals surface area (Å²) >= 11 is 0. The fraction of sp³-hybridized carbons (Fsp3) is 0.150. The quantitative estimate of drug-likeness (QED) is 0.585. The van der Waals surface area contributed by atoms with Crippen LogP contribution in [0.1, 0.15) is 22.4 Å². The van der Waals surface area contributed by atoms with Crippen LogP contribution in [0.2, 0.25) is 0 Å². The zero-order valence-corrected chi connectivity index (χ0v) is 13.9. The molecule has 6 nitrogen and oxygen atoms in total. The summed E-state index contributed by atoms with van der Waals surface area (Å²) in [5, 5.41) is 9.36. The molecule has 1 aliphatic heterocycles. The molecule has 0 radical (unpaired) electrons. The van der Waals surface area contributed by atoms with Crippen molar-refractivity contribution in [2.45, 2.75) is 19.6 Å². The maximum Gasteiger partial charge on any atom is 0.310 e. The number of nitrogens with zero attached hydrogens (tertiary/aromatic N) is 3. The summed E-state index contributed by atoms with van der Waals surface area (Å²) < 4.78 is 13.2. The molecule has 0 aliphatic carbocycles. The Kier molecular flexibility index (Phi) is 4.12. The first kappa shape index (κ1) is 15.9. The number of imidazole rings is 1. The second-order valence-electron chi connectivity index (χ2n) is 6.04. The molecule has 0 unspecified atom stereocenters. The van der Waals surface area contributed by atoms with E-state index in [1.807, 2.05) is 28.8 Å². The summed E-state index contributed by atoms with van der Waals surface area (Å²) in [4.78, 5) is 16.3. The lowest BCUT2D eigenvalue weighted by atomic mass is 10.1. The average Bonchev–Trinajstić information content (AvgIpc) is 3.07. The number of cyclic esters (lactones) is 1. The Morgan fingerprint density at radius 2 is 2.08 bits per heavy atom. The summed E-state index contributed by atoms with van der Waals surface area (Å²) in [5.74, 6) is 0.746. The third kappa shape index (κ3) is 3.28. The van der Waals surface area contributed by atoms with Crippen LogP contribution in [0.3, 0.4) is 0 Å². The molecular weight excluding hydrogens is 330 g/mol. The second kappa shape index (κ2) is 6.73. The highest BCUT2D eigenvalue weighted by molar-refractivity contribution is 5.72. The van der Waals surface area contributed by atoms with E-state index in [0.29, 0.717) is 23.6 Å². The number of esters is 1. The van der Waals surface area contributed by atoms with Gasteiger partial charge in [-0.1, -0.05) is 18.2 Å². The molecule has 4 rings (SSSR count). The highest BCUT2D eigenvalue weighted by atomic mass is 16.5. The Bertz CT molecular complexity index is 1020. The number of carbonyl (C=O) groups is 1. The molecule has 128 valence electrons. The van der Waals surface area contributed by atoms with Crippen LogP contribution in [0.5, 0.6) is 11.5 Å². The van der Waals surface area contributed by atoms with Gasteiger partial charge in [0.1, 0.15) is 24.2 Å². The topological polar surface area (TPSA) is 77.1 Å². The fourth-order valence-corrected chi connectivity index (χ4v) is 2.87. The summed E-state index contributed by atoms with van der Waals surface area (Å²) in [6.07, 6.45) is 3.52. The second-order valence-corrected chi connectivity index (χ2v) is 6.04. The first-order chi connectivity index (χ1) is 12.7. The maximum absolute atomic E-state index is 12.1. The van der Waals surface area contributed by atoms with E-state index in [0.717, 1.165) is 16.8 Å². The molecule has 0 fully saturated rings. The minimum atomic E-state index is -0.316. The summed E-state index contributed by atoms with van der Waals surface area (Å²) in [6.45, 7) is 0.702. The third-order valence-electron chi connectivity index (χ3n) is 4.17. The predicted octanol–water partition coefficient (Wildman–Crippen LogP) is 3.19. The number of hydrogen-bond donors (Lipinski definition) is 0. The number of ether oxygens (including phenoxy) is 2. The van der Waals surface area contributed by atoms with Crippen LogP contribution in [0, 0.1) is 11.3 Å². The van der Waals surface area contributed by atoms with E-state index in [9.17, 15) is 10.1 Å². The van der Waals surface area contributed by atoms with Crippen molar-refractivity contribution in [1.82, 2.24) is 9.55 Å². The van der Waals surface area contributed by atoms with Crippen molar-refractivity contribution in [3.8, 4) is 17.6 Å². The van der Waals surface area contributed by atoms with Gasteiger partial charge in [0.05, 0.1) is 30.2 Å². The van der Waals surface area contributed by atoms with Crippen molar-refractivity contribution in [3.05, 3.63) is 77.4 Å². The summed E-state index contributed by atoms with van der Waals surface area (Å²) in [5.41, 5.74) is 3.00. The number of nitriles is 1. The number of benzene rings is 2. The van der Waals surface area contributed by atoms with Crippen molar-refractivity contribution >= 4 is 5.97 Å². The zero-order chi connectivity index (χ0) is 17.9. The van der Waals surface area contributed by atoms with Gasteiger partial charge in [-0.25, -0.2) is 4.98 Å². The first-order valence-corrected chi connectivity index (χ1v) is 8.16. The van der Waals surface area contributed by atoms with Crippen LogP contribution in [0.15, 0.2) is 55.0 Å². The molecule has 6 heteroatoms. The van der Waals surface area contributed by atoms with E-state index in [1.165, 1.54) is 0 Å². The van der Waals surface area contributed by atoms with E-state index < -0.39 is 0 Å². The largest absolute Gasteiger partial charge is 0.459 e. The van der Waals surface area contributed by atoms with Gasteiger partial charge in [0.15, 0.2) is 0 Å². The van der Waals surface area contributed by atoms with Crippen molar-refractivity contribution in [2.75, 3.05) is 0 Å². The molecule has 0 amide bonds. The van der Waals surface area contributed by atoms with Gasteiger partial charge in [0.25, 0.3) is 0 Å². The van der Waals surface area contributed by atoms with Crippen molar-refractivity contribution in [3.63, 3.8) is 0 Å². The lowest BCUT2D eigenvalue weighted by Crippen LogP contribution is -2.11. The lowest BCUT2D eigenvalue weighted by Gasteiger charge is -2.14. The van der Waals surface area contributed by atoms with Gasteiger partial charge in [-0.05, 0) is 35.4 Å². The SMILES string of the molecule is N#Cc1ccc2cc1Oc1cccc(c1)CC(=O)OCc1cncn1C2. The summed E-state index contributed by atoms with van der Waals surface area (Å²) in [7, 11) is 0. The fourth-order valence-electron chi connectivity index (χ4n) is 2.87. The first-order valence-electron chi connectivity index (χ1n) is 8.16. The van der Waals surface area contributed by atoms with Gasteiger partial charge in [-0.2, -0.15) is 5.26 Å². The Morgan fingerprint density at radius 3 is 2.96 bits per heavy atom. The van der Waals surface area contributed by atoms with E-state index in [2.05, 4.69) is 11.1 Å². The molecule has 0 spiro atoms. The third-order valence-corrected chi connectivity index (χ3v) is 4.17. The molecule has 1 aliphatic rings. The van der Waals surface area contributed by atoms with Crippen LogP contribution in [-0.2, 0) is 29.1 Å². The standard InChI is InChI=1S/C20H15N3O3/c21-9-16-5-4-15-7-19(16)26-18-3-1-2-14(6-18)8-20(24)25-12-17-10-22-13-23(17)11-15/h1-7,10,13H,8,11-12H2. The smallest absolute Gasteiger partial charge is 0.310 e. The zero-order valence-electron chi connectivity index (χ0n) is 13.9. The van der Waals surface area contributed by atoms with E-state index in [4.69, 9.17) is 9.47 Å². The molecule has 2 heterocycles. The monoisotopic (exact) mass is 345 g/mol. The van der Waals surface area contributed by atoms with Crippen LogP contribution >= 0.6 is 0 Å². The highest BCUT2D eigenvalue weighted by Gasteiger charge is 2.13. The molecule has 1 aromatic heterocycles. The Balaban J connectivity index is 1.79. The molecule has 0 atom stereocenters. The van der Waals surface area contributed by atoms with Crippen molar-refractivity contribution in [2.24, 2.45) is 0 Å². The number of rotatable bonds is 0. The van der Waals surface area contributed by atoms with E-state index >= 15 is 0 Å². The highest BCUT2D eigenvalue weighted by Crippen LogP contribution is 2.28. The van der Waals surface area contributed by atoms with Gasteiger partial charge in [-0.15, -0.1) is 0 Å². The predicted molar refractivity (Wildman–Crippen MR) is 92.5 cm³/mol. The van der Waals surface area contributed by atoms with Crippen LogP contribution in [0.25, 0.3) is 0 Å². The maximum atomic E-state index is 12.1. The molecule has 0 saturated carbocycles. The Labute approximate surface area is 150 Å². The Hall–Kier alpha value is -3.59. The van der Waals surface area contributed by atoms with Gasteiger partial charge in [-0.3, -0.25) is 4.79 Å². The molecule has 4 bridgehead atoms. The van der Waals surface area contributed by atoms with Crippen LogP contribution < -0.4 is 4.74 Å². The van der Waals surface area contributed by atoms with Crippen molar-refractivity contribution in [1.29, 1.82) is 5.26 Å². The average molecular weight is 345 g/mol. The molecule has 0 saturated heterocycles. The summed E-state index contributed by atoms with van der Waals surface area (Å²) in [6, 6.07) is 14.9. The number of fused-ring (bicyclic) bond motifs is 5. The van der Waals surface area contributed by atoms with Gasteiger partial charge >= 0.3 is 5.97 Å². The minimum absolute atomic E-state index is 0.149. The number of carbonyl (C=O) groups excluding carboxylic acids is 1. The van der Waals surface area contributed by atoms with Crippen LogP contribution in [-0.4, -0.2) is 15.5 Å². The van der Waals surface area contributed by atoms with Crippen molar-refractivity contribution < 1.29 is 14.3 Å². The normalized spacial score (nSPS) is 13.6. The molecular formula is C20H15N3O3. The number of hydrogen-bond acceptors (Lipinski definition) is 5. The molecule has 0 N–H and O–H groups in total. The molecule has 3 aromatic rings. The lowest BCUT2D eigenvalue weighted by molar-refractivity contribution is -0.144. The van der Waals surface area contributed by atoms with E-state index in [-0.39, 0.29) is 19.0 Å². The molecule has 2 aromatic carbocycles. The van der Waals surface area contributed by atoms with Gasteiger partial charge < -0.3 is 14.0 Å². The number of aromatic nitrogens is 2. The van der Waals surface area contributed by atoms with E-state index in [1.54, 1.807) is 30.7 Å². The molecule has 26 heavy (non-hydrogen) atoms. The van der Waals surface area contributed by atoms with Crippen LogP contribution in [0.4, 0.5) is 0 Å². The Morgan fingerprint density at radius 1 is 1.15 bits per heavy atom. The minimum Gasteiger partial charge on any atom is -0.459 e.